The van der Waals surface area contributed by atoms with Crippen molar-refractivity contribution in [2.75, 3.05) is 4.90 Å². The van der Waals surface area contributed by atoms with Gasteiger partial charge in [0.05, 0.1) is 11.1 Å². The van der Waals surface area contributed by atoms with E-state index in [1.807, 2.05) is 37.3 Å². The Morgan fingerprint density at radius 2 is 1.05 bits per heavy atom. The zero-order valence-corrected chi connectivity index (χ0v) is 24.2. The lowest BCUT2D eigenvalue weighted by molar-refractivity contribution is 1.29. The monoisotopic (exact) mass is 561 g/mol. The molecule has 0 saturated heterocycles. The van der Waals surface area contributed by atoms with Crippen LogP contribution in [0, 0.1) is 29.6 Å². The molecule has 0 bridgehead atoms. The molecule has 3 nitrogen and oxygen atoms in total. The molecule has 0 radical (unpaired) electrons. The van der Waals surface area contributed by atoms with Crippen LogP contribution in [0.3, 0.4) is 0 Å². The Balaban J connectivity index is 1.24. The molecule has 0 spiro atoms. The van der Waals surface area contributed by atoms with Crippen LogP contribution in [0.5, 0.6) is 0 Å². The fourth-order valence-corrected chi connectivity index (χ4v) is 5.98. The topological polar surface area (TPSA) is 50.8 Å². The number of fused-ring (bicyclic) bond motifs is 4. The first-order valence-corrected chi connectivity index (χ1v) is 14.6. The van der Waals surface area contributed by atoms with Crippen molar-refractivity contribution in [2.24, 2.45) is 0 Å². The van der Waals surface area contributed by atoms with Crippen molar-refractivity contribution in [1.82, 2.24) is 0 Å². The largest absolute Gasteiger partial charge is 0.310 e. The average Bonchev–Trinajstić information content (AvgIpc) is 3.07. The lowest BCUT2D eigenvalue weighted by atomic mass is 9.91. The maximum atomic E-state index is 10.0. The van der Waals surface area contributed by atoms with Crippen LogP contribution in [0.4, 0.5) is 17.1 Å². The smallest absolute Gasteiger partial charge is 0.101 e. The van der Waals surface area contributed by atoms with Gasteiger partial charge in [0.1, 0.15) is 12.1 Å². The predicted molar refractivity (Wildman–Crippen MR) is 183 cm³/mol. The quantitative estimate of drug-likeness (QED) is 0.155. The summed E-state index contributed by atoms with van der Waals surface area (Å²) < 4.78 is 0. The Morgan fingerprint density at radius 3 is 1.77 bits per heavy atom. The minimum absolute atomic E-state index is 0.426. The number of para-hydroxylation sites is 1. The number of anilines is 3. The molecule has 0 unspecified atom stereocenters. The van der Waals surface area contributed by atoms with Crippen LogP contribution in [-0.4, -0.2) is 0 Å². The Morgan fingerprint density at radius 1 is 0.477 bits per heavy atom. The van der Waals surface area contributed by atoms with Crippen LogP contribution >= 0.6 is 0 Å². The molecule has 7 rings (SSSR count). The third-order valence-corrected chi connectivity index (χ3v) is 8.15. The van der Waals surface area contributed by atoms with Gasteiger partial charge in [-0.3, -0.25) is 0 Å². The lowest BCUT2D eigenvalue weighted by Gasteiger charge is -2.26. The van der Waals surface area contributed by atoms with E-state index in [9.17, 15) is 10.5 Å². The number of rotatable bonds is 5. The molecule has 0 amide bonds. The van der Waals surface area contributed by atoms with Crippen LogP contribution in [0.15, 0.2) is 133 Å². The second-order valence-corrected chi connectivity index (χ2v) is 11.0. The summed E-state index contributed by atoms with van der Waals surface area (Å²) >= 11 is 0. The van der Waals surface area contributed by atoms with Crippen LogP contribution in [0.1, 0.15) is 27.8 Å². The van der Waals surface area contributed by atoms with Crippen LogP contribution in [0.25, 0.3) is 44.5 Å². The van der Waals surface area contributed by atoms with Gasteiger partial charge in [0.15, 0.2) is 0 Å². The van der Waals surface area contributed by atoms with Crippen molar-refractivity contribution >= 4 is 61.5 Å². The van der Waals surface area contributed by atoms with E-state index in [2.05, 4.69) is 132 Å². The van der Waals surface area contributed by atoms with Crippen LogP contribution < -0.4 is 4.90 Å². The van der Waals surface area contributed by atoms with E-state index in [0.717, 1.165) is 55.3 Å². The molecule has 3 heteroatoms. The zero-order chi connectivity index (χ0) is 30.0. The first kappa shape index (κ1) is 26.7. The maximum absolute atomic E-state index is 10.0. The highest BCUT2D eigenvalue weighted by Crippen LogP contribution is 2.37. The Kier molecular flexibility index (Phi) is 6.84. The highest BCUT2D eigenvalue weighted by Gasteiger charge is 2.15. The highest BCUT2D eigenvalue weighted by molar-refractivity contribution is 6.13. The van der Waals surface area contributed by atoms with Gasteiger partial charge >= 0.3 is 0 Å². The Labute approximate surface area is 256 Å². The van der Waals surface area contributed by atoms with Gasteiger partial charge in [-0.25, -0.2) is 0 Å². The van der Waals surface area contributed by atoms with E-state index in [4.69, 9.17) is 0 Å². The standard InChI is InChI=1S/C41H27N3/c1-28-11-21-36-37-22-16-30(24-39(37)41(27-43)40(26-42)38(36)23-28)13-12-29-14-18-34(19-15-29)44(33-9-3-2-4-10-33)35-20-17-31-7-5-6-8-32(31)25-35/h2-25H,1H3/b13-12-. The fraction of sp³-hybridized carbons (Fsp3) is 0.0244. The Hall–Kier alpha value is -6.16. The summed E-state index contributed by atoms with van der Waals surface area (Å²) in [5.41, 5.74) is 7.21. The van der Waals surface area contributed by atoms with Gasteiger partial charge in [-0.15, -0.1) is 0 Å². The van der Waals surface area contributed by atoms with Crippen LogP contribution in [0.2, 0.25) is 0 Å². The summed E-state index contributed by atoms with van der Waals surface area (Å²) in [5, 5.41) is 26.0. The van der Waals surface area contributed by atoms with E-state index < -0.39 is 0 Å². The summed E-state index contributed by atoms with van der Waals surface area (Å²) in [5.74, 6) is 0. The predicted octanol–water partition coefficient (Wildman–Crippen LogP) is 10.8. The molecular weight excluding hydrogens is 534 g/mol. The number of benzene rings is 7. The molecule has 0 aliphatic rings. The van der Waals surface area contributed by atoms with E-state index in [-0.39, 0.29) is 0 Å². The molecule has 0 N–H and O–H groups in total. The van der Waals surface area contributed by atoms with Crippen molar-refractivity contribution in [1.29, 1.82) is 10.5 Å². The molecule has 0 atom stereocenters. The van der Waals surface area contributed by atoms with Gasteiger partial charge in [0.2, 0.25) is 0 Å². The molecule has 0 fully saturated rings. The normalized spacial score (nSPS) is 11.2. The summed E-state index contributed by atoms with van der Waals surface area (Å²) in [6, 6.07) is 50.7. The summed E-state index contributed by atoms with van der Waals surface area (Å²) in [7, 11) is 0. The van der Waals surface area contributed by atoms with Crippen molar-refractivity contribution in [3.63, 3.8) is 0 Å². The molecule has 0 aliphatic heterocycles. The van der Waals surface area contributed by atoms with Gasteiger partial charge < -0.3 is 4.90 Å². The molecule has 0 saturated carbocycles. The summed E-state index contributed by atoms with van der Waals surface area (Å²) in [6.45, 7) is 2.00. The van der Waals surface area contributed by atoms with E-state index in [1.165, 1.54) is 10.8 Å². The maximum Gasteiger partial charge on any atom is 0.101 e. The number of hydrogen-bond donors (Lipinski definition) is 0. The molecule has 0 heterocycles. The zero-order valence-electron chi connectivity index (χ0n) is 24.2. The minimum atomic E-state index is 0.426. The van der Waals surface area contributed by atoms with Gasteiger partial charge in [-0.05, 0) is 82.1 Å². The third-order valence-electron chi connectivity index (χ3n) is 8.15. The molecule has 206 valence electrons. The molecule has 44 heavy (non-hydrogen) atoms. The van der Waals surface area contributed by atoms with Crippen molar-refractivity contribution in [3.05, 3.63) is 161 Å². The first-order chi connectivity index (χ1) is 21.6. The van der Waals surface area contributed by atoms with E-state index in [0.29, 0.717) is 11.1 Å². The second kappa shape index (κ2) is 11.3. The highest BCUT2D eigenvalue weighted by atomic mass is 15.1. The summed E-state index contributed by atoms with van der Waals surface area (Å²) in [6.07, 6.45) is 4.13. The van der Waals surface area contributed by atoms with E-state index in [1.54, 1.807) is 0 Å². The van der Waals surface area contributed by atoms with Crippen molar-refractivity contribution < 1.29 is 0 Å². The Bertz CT molecular complexity index is 2300. The molecule has 0 aromatic heterocycles. The summed E-state index contributed by atoms with van der Waals surface area (Å²) in [4.78, 5) is 2.27. The van der Waals surface area contributed by atoms with E-state index >= 15 is 0 Å². The number of nitrogens with zero attached hydrogens (tertiary/aromatic N) is 3. The SMILES string of the molecule is Cc1ccc2c(c1)c(C#N)c(C#N)c1cc(/C=C\c3ccc(N(c4ccccc4)c4ccc5ccccc5c4)cc3)ccc12. The molecular formula is C41H27N3. The fourth-order valence-electron chi connectivity index (χ4n) is 5.98. The third kappa shape index (κ3) is 4.84. The average molecular weight is 562 g/mol. The molecule has 0 aliphatic carbocycles. The minimum Gasteiger partial charge on any atom is -0.310 e. The second-order valence-electron chi connectivity index (χ2n) is 11.0. The molecule has 7 aromatic carbocycles. The van der Waals surface area contributed by atoms with Gasteiger partial charge in [0, 0.05) is 27.8 Å². The van der Waals surface area contributed by atoms with Crippen molar-refractivity contribution in [3.8, 4) is 12.1 Å². The number of nitriles is 2. The van der Waals surface area contributed by atoms with Gasteiger partial charge in [-0.1, -0.05) is 109 Å². The lowest BCUT2D eigenvalue weighted by Crippen LogP contribution is -2.09. The number of hydrogen-bond acceptors (Lipinski definition) is 3. The number of aryl methyl sites for hydroxylation is 1. The van der Waals surface area contributed by atoms with Gasteiger partial charge in [0.25, 0.3) is 0 Å². The van der Waals surface area contributed by atoms with Crippen LogP contribution in [-0.2, 0) is 0 Å². The first-order valence-electron chi connectivity index (χ1n) is 14.6. The van der Waals surface area contributed by atoms with Gasteiger partial charge in [-0.2, -0.15) is 10.5 Å². The molecule has 7 aromatic rings. The van der Waals surface area contributed by atoms with Crippen molar-refractivity contribution in [2.45, 2.75) is 6.92 Å².